The number of rotatable bonds is 4. The molecule has 6 heteroatoms. The molecule has 0 saturated carbocycles. The second-order valence-electron chi connectivity index (χ2n) is 3.88. The van der Waals surface area contributed by atoms with Gasteiger partial charge in [-0.25, -0.2) is 4.98 Å². The molecule has 0 aliphatic carbocycles. The molecule has 0 amide bonds. The van der Waals surface area contributed by atoms with E-state index >= 15 is 0 Å². The lowest BCUT2D eigenvalue weighted by atomic mass is 10.2. The largest absolute Gasteiger partial charge is 0.506 e. The van der Waals surface area contributed by atoms with Crippen LogP contribution in [0.2, 0.25) is 0 Å². The zero-order valence-electron chi connectivity index (χ0n) is 9.65. The van der Waals surface area contributed by atoms with Gasteiger partial charge < -0.3 is 10.4 Å². The zero-order chi connectivity index (χ0) is 13.1. The second kappa shape index (κ2) is 6.14. The van der Waals surface area contributed by atoms with Gasteiger partial charge in [0.2, 0.25) is 0 Å². The highest BCUT2D eigenvalue weighted by molar-refractivity contribution is 9.11. The highest BCUT2D eigenvalue weighted by Gasteiger charge is 2.09. The number of hydrogen-bond acceptors (Lipinski definition) is 4. The van der Waals surface area contributed by atoms with Crippen molar-refractivity contribution in [3.05, 3.63) is 43.2 Å². The summed E-state index contributed by atoms with van der Waals surface area (Å²) < 4.78 is 1.38. The molecule has 1 aromatic heterocycles. The standard InChI is InChI=1S/C12H12Br2N2OS/c1-7(12-15-2-3-18-12)16-6-8-4-9(13)11(17)10(14)5-8/h2-5,7,16-17H,6H2,1H3. The number of halogens is 2. The summed E-state index contributed by atoms with van der Waals surface area (Å²) in [5, 5.41) is 16.1. The molecule has 1 aromatic carbocycles. The third-order valence-corrected chi connectivity index (χ3v) is 4.68. The van der Waals surface area contributed by atoms with Crippen molar-refractivity contribution in [2.45, 2.75) is 19.5 Å². The summed E-state index contributed by atoms with van der Waals surface area (Å²) in [6.45, 7) is 2.81. The maximum Gasteiger partial charge on any atom is 0.143 e. The number of benzene rings is 1. The van der Waals surface area contributed by atoms with Gasteiger partial charge in [0.15, 0.2) is 0 Å². The summed E-state index contributed by atoms with van der Waals surface area (Å²) in [7, 11) is 0. The Morgan fingerprint density at radius 2 is 2.06 bits per heavy atom. The van der Waals surface area contributed by atoms with Crippen LogP contribution in [0.1, 0.15) is 23.5 Å². The first-order valence-electron chi connectivity index (χ1n) is 5.37. The molecule has 0 radical (unpaired) electrons. The van der Waals surface area contributed by atoms with Crippen LogP contribution in [0.15, 0.2) is 32.7 Å². The molecular formula is C12H12Br2N2OS. The third kappa shape index (κ3) is 3.32. The topological polar surface area (TPSA) is 45.1 Å². The Morgan fingerprint density at radius 1 is 1.39 bits per heavy atom. The molecule has 2 aromatic rings. The lowest BCUT2D eigenvalue weighted by molar-refractivity contribution is 0.467. The summed E-state index contributed by atoms with van der Waals surface area (Å²) in [6.07, 6.45) is 1.81. The van der Waals surface area contributed by atoms with Crippen LogP contribution in [0, 0.1) is 0 Å². The van der Waals surface area contributed by atoms with E-state index in [1.165, 1.54) is 0 Å². The highest BCUT2D eigenvalue weighted by atomic mass is 79.9. The van der Waals surface area contributed by atoms with Crippen molar-refractivity contribution in [3.63, 3.8) is 0 Å². The number of hydrogen-bond donors (Lipinski definition) is 2. The van der Waals surface area contributed by atoms with Gasteiger partial charge in [-0.2, -0.15) is 0 Å². The SMILES string of the molecule is CC(NCc1cc(Br)c(O)c(Br)c1)c1nccs1. The number of phenolic OH excluding ortho intramolecular Hbond substituents is 1. The lowest BCUT2D eigenvalue weighted by Crippen LogP contribution is -2.17. The van der Waals surface area contributed by atoms with Crippen LogP contribution < -0.4 is 5.32 Å². The molecule has 3 nitrogen and oxygen atoms in total. The van der Waals surface area contributed by atoms with E-state index in [0.717, 1.165) is 17.1 Å². The van der Waals surface area contributed by atoms with Crippen LogP contribution in [0.5, 0.6) is 5.75 Å². The van der Waals surface area contributed by atoms with E-state index in [-0.39, 0.29) is 11.8 Å². The molecular weight excluding hydrogens is 380 g/mol. The Labute approximate surface area is 127 Å². The smallest absolute Gasteiger partial charge is 0.143 e. The quantitative estimate of drug-likeness (QED) is 0.819. The van der Waals surface area contributed by atoms with Crippen LogP contribution in [0.4, 0.5) is 0 Å². The average molecular weight is 392 g/mol. The monoisotopic (exact) mass is 390 g/mol. The first-order valence-corrected chi connectivity index (χ1v) is 7.84. The average Bonchev–Trinajstić information content (AvgIpc) is 2.86. The van der Waals surface area contributed by atoms with Gasteiger partial charge >= 0.3 is 0 Å². The van der Waals surface area contributed by atoms with Crippen molar-refractivity contribution in [2.75, 3.05) is 0 Å². The number of nitrogens with one attached hydrogen (secondary N) is 1. The van der Waals surface area contributed by atoms with Gasteiger partial charge in [0, 0.05) is 18.1 Å². The molecule has 2 N–H and O–H groups in total. The molecule has 2 rings (SSSR count). The van der Waals surface area contributed by atoms with Gasteiger partial charge in [0.1, 0.15) is 10.8 Å². The van der Waals surface area contributed by atoms with Crippen molar-refractivity contribution in [2.24, 2.45) is 0 Å². The summed E-state index contributed by atoms with van der Waals surface area (Å²) in [6, 6.07) is 4.03. The van der Waals surface area contributed by atoms with E-state index in [1.54, 1.807) is 11.3 Å². The van der Waals surface area contributed by atoms with Gasteiger partial charge in [-0.15, -0.1) is 11.3 Å². The minimum atomic E-state index is 0.219. The summed E-state index contributed by atoms with van der Waals surface area (Å²) >= 11 is 8.29. The number of aromatic nitrogens is 1. The Hall–Kier alpha value is -0.430. The number of phenols is 1. The maximum absolute atomic E-state index is 9.64. The molecule has 0 bridgehead atoms. The Bertz CT molecular complexity index is 508. The van der Waals surface area contributed by atoms with E-state index in [4.69, 9.17) is 0 Å². The Kier molecular flexibility index (Phi) is 4.77. The van der Waals surface area contributed by atoms with E-state index < -0.39 is 0 Å². The predicted octanol–water partition coefficient (Wildman–Crippen LogP) is 4.22. The summed E-state index contributed by atoms with van der Waals surface area (Å²) in [4.78, 5) is 4.28. The normalized spacial score (nSPS) is 12.6. The number of aromatic hydroxyl groups is 1. The minimum Gasteiger partial charge on any atom is -0.506 e. The molecule has 0 fully saturated rings. The third-order valence-electron chi connectivity index (χ3n) is 2.51. The van der Waals surface area contributed by atoms with Crippen molar-refractivity contribution in [3.8, 4) is 5.75 Å². The lowest BCUT2D eigenvalue weighted by Gasteiger charge is -2.12. The van der Waals surface area contributed by atoms with E-state index in [2.05, 4.69) is 49.1 Å². The molecule has 0 spiro atoms. The fourth-order valence-corrected chi connectivity index (χ4v) is 3.48. The van der Waals surface area contributed by atoms with Crippen LogP contribution in [-0.4, -0.2) is 10.1 Å². The van der Waals surface area contributed by atoms with Gasteiger partial charge in [-0.1, -0.05) is 0 Å². The number of thiazole rings is 1. The summed E-state index contributed by atoms with van der Waals surface area (Å²) in [5.41, 5.74) is 1.09. The van der Waals surface area contributed by atoms with Crippen LogP contribution >= 0.6 is 43.2 Å². The maximum atomic E-state index is 9.64. The Morgan fingerprint density at radius 3 is 2.61 bits per heavy atom. The van der Waals surface area contributed by atoms with Crippen molar-refractivity contribution in [1.82, 2.24) is 10.3 Å². The molecule has 0 aliphatic heterocycles. The molecule has 0 saturated heterocycles. The molecule has 1 heterocycles. The molecule has 1 atom stereocenters. The molecule has 96 valence electrons. The van der Waals surface area contributed by atoms with E-state index in [1.807, 2.05) is 23.7 Å². The predicted molar refractivity (Wildman–Crippen MR) is 80.9 cm³/mol. The van der Waals surface area contributed by atoms with Crippen molar-refractivity contribution >= 4 is 43.2 Å². The van der Waals surface area contributed by atoms with Crippen LogP contribution in [0.25, 0.3) is 0 Å². The van der Waals surface area contributed by atoms with Gasteiger partial charge in [0.05, 0.1) is 15.0 Å². The Balaban J connectivity index is 2.02. The first-order chi connectivity index (χ1) is 8.58. The highest BCUT2D eigenvalue weighted by Crippen LogP contribution is 2.33. The van der Waals surface area contributed by atoms with Gasteiger partial charge in [-0.3, -0.25) is 0 Å². The second-order valence-corrected chi connectivity index (χ2v) is 6.52. The fourth-order valence-electron chi connectivity index (χ4n) is 1.53. The summed E-state index contributed by atoms with van der Waals surface area (Å²) in [5.74, 6) is 0.228. The van der Waals surface area contributed by atoms with Crippen molar-refractivity contribution < 1.29 is 5.11 Å². The number of nitrogens with zero attached hydrogens (tertiary/aromatic N) is 1. The van der Waals surface area contributed by atoms with E-state index in [9.17, 15) is 5.11 Å². The fraction of sp³-hybridized carbons (Fsp3) is 0.250. The van der Waals surface area contributed by atoms with E-state index in [0.29, 0.717) is 8.95 Å². The van der Waals surface area contributed by atoms with Gasteiger partial charge in [0.25, 0.3) is 0 Å². The van der Waals surface area contributed by atoms with Gasteiger partial charge in [-0.05, 0) is 56.5 Å². The zero-order valence-corrected chi connectivity index (χ0v) is 13.6. The molecule has 0 aliphatic rings. The van der Waals surface area contributed by atoms with Crippen LogP contribution in [-0.2, 0) is 6.54 Å². The first kappa shape index (κ1) is 14.0. The van der Waals surface area contributed by atoms with Crippen LogP contribution in [0.3, 0.4) is 0 Å². The minimum absolute atomic E-state index is 0.219. The molecule has 1 unspecified atom stereocenters. The molecule has 18 heavy (non-hydrogen) atoms. The van der Waals surface area contributed by atoms with Crippen molar-refractivity contribution in [1.29, 1.82) is 0 Å².